The maximum atomic E-state index is 11.1. The second kappa shape index (κ2) is 2.51. The molecule has 1 aliphatic carbocycles. The van der Waals surface area contributed by atoms with Crippen LogP contribution in [0.3, 0.4) is 0 Å². The topological polar surface area (TPSA) is 29.5 Å². The van der Waals surface area contributed by atoms with Gasteiger partial charge in [0, 0.05) is 32.9 Å². The summed E-state index contributed by atoms with van der Waals surface area (Å²) in [6.07, 6.45) is 6.01. The molecule has 0 aromatic heterocycles. The molecule has 0 aromatic carbocycles. The molecule has 2 heterocycles. The second-order valence-electron chi connectivity index (χ2n) is 5.24. The summed E-state index contributed by atoms with van der Waals surface area (Å²) in [5.41, 5.74) is 0.345. The van der Waals surface area contributed by atoms with E-state index in [-0.39, 0.29) is 11.7 Å². The van der Waals surface area contributed by atoms with Crippen LogP contribution in [0.4, 0.5) is 0 Å². The van der Waals surface area contributed by atoms with Gasteiger partial charge in [-0.1, -0.05) is 0 Å². The first-order valence-electron chi connectivity index (χ1n) is 5.59. The number of carbonyl (C=O) groups excluding carboxylic acids is 1. The minimum Gasteiger partial charge on any atom is -0.444 e. The van der Waals surface area contributed by atoms with Crippen molar-refractivity contribution in [2.75, 3.05) is 13.1 Å². The smallest absolute Gasteiger partial charge is 0.304 e. The molecule has 1 saturated carbocycles. The van der Waals surface area contributed by atoms with Gasteiger partial charge in [-0.25, -0.2) is 0 Å². The zero-order valence-electron chi connectivity index (χ0n) is 8.71. The summed E-state index contributed by atoms with van der Waals surface area (Å²) < 4.78 is 5.59. The Bertz CT molecular complexity index is 285. The number of rotatable bonds is 1. The van der Waals surface area contributed by atoms with Crippen molar-refractivity contribution in [1.82, 2.24) is 4.90 Å². The summed E-state index contributed by atoms with van der Waals surface area (Å²) in [5, 5.41) is 0. The van der Waals surface area contributed by atoms with E-state index in [0.29, 0.717) is 5.41 Å². The van der Waals surface area contributed by atoms with Crippen LogP contribution in [0.5, 0.6) is 0 Å². The lowest BCUT2D eigenvalue weighted by atomic mass is 9.98. The van der Waals surface area contributed by atoms with Crippen molar-refractivity contribution in [2.24, 2.45) is 5.41 Å². The van der Waals surface area contributed by atoms with E-state index in [1.807, 2.05) is 0 Å². The molecule has 3 rings (SSSR count). The van der Waals surface area contributed by atoms with Crippen LogP contribution in [0.15, 0.2) is 0 Å². The SMILES string of the molecule is CC(=O)OC12CCCN1CC1(CC1)C2. The third kappa shape index (κ3) is 1.11. The number of carbonyl (C=O) groups is 1. The molecule has 1 atom stereocenters. The largest absolute Gasteiger partial charge is 0.444 e. The number of esters is 1. The Kier molecular flexibility index (Phi) is 1.56. The fraction of sp³-hybridized carbons (Fsp3) is 0.909. The molecule has 3 fully saturated rings. The highest BCUT2D eigenvalue weighted by molar-refractivity contribution is 5.66. The average Bonchev–Trinajstić information content (AvgIpc) is 2.59. The normalized spacial score (nSPS) is 38.6. The zero-order chi connectivity index (χ0) is 9.81. The van der Waals surface area contributed by atoms with E-state index in [1.165, 1.54) is 32.7 Å². The molecule has 3 heteroatoms. The van der Waals surface area contributed by atoms with Crippen LogP contribution in [-0.2, 0) is 9.53 Å². The molecular formula is C11H17NO2. The molecular weight excluding hydrogens is 178 g/mol. The summed E-state index contributed by atoms with van der Waals surface area (Å²) in [6.45, 7) is 3.82. The van der Waals surface area contributed by atoms with Crippen molar-refractivity contribution >= 4 is 5.97 Å². The Labute approximate surface area is 84.4 Å². The van der Waals surface area contributed by atoms with Crippen molar-refractivity contribution in [3.05, 3.63) is 0 Å². The number of ether oxygens (including phenoxy) is 1. The number of hydrogen-bond donors (Lipinski definition) is 0. The zero-order valence-corrected chi connectivity index (χ0v) is 8.71. The van der Waals surface area contributed by atoms with Crippen LogP contribution in [0.1, 0.15) is 39.0 Å². The maximum Gasteiger partial charge on any atom is 0.304 e. The second-order valence-corrected chi connectivity index (χ2v) is 5.24. The Hall–Kier alpha value is -0.570. The fourth-order valence-corrected chi connectivity index (χ4v) is 3.31. The van der Waals surface area contributed by atoms with Gasteiger partial charge in [0.1, 0.15) is 0 Å². The molecule has 0 N–H and O–H groups in total. The molecule has 2 aliphatic heterocycles. The molecule has 0 radical (unpaired) electrons. The van der Waals surface area contributed by atoms with Gasteiger partial charge in [-0.05, 0) is 24.7 Å². The summed E-state index contributed by atoms with van der Waals surface area (Å²) >= 11 is 0. The molecule has 3 nitrogen and oxygen atoms in total. The number of fused-ring (bicyclic) bond motifs is 1. The number of nitrogens with zero attached hydrogens (tertiary/aromatic N) is 1. The van der Waals surface area contributed by atoms with Gasteiger partial charge in [0.25, 0.3) is 0 Å². The predicted octanol–water partition coefficient (Wildman–Crippen LogP) is 1.53. The van der Waals surface area contributed by atoms with Gasteiger partial charge >= 0.3 is 5.97 Å². The highest BCUT2D eigenvalue weighted by atomic mass is 16.6. The molecule has 2 saturated heterocycles. The minimum atomic E-state index is -0.192. The molecule has 3 aliphatic rings. The van der Waals surface area contributed by atoms with Gasteiger partial charge in [0.15, 0.2) is 5.72 Å². The van der Waals surface area contributed by atoms with E-state index in [4.69, 9.17) is 4.74 Å². The first kappa shape index (κ1) is 8.72. The van der Waals surface area contributed by atoms with Crippen LogP contribution in [0.2, 0.25) is 0 Å². The van der Waals surface area contributed by atoms with E-state index < -0.39 is 0 Å². The Morgan fingerprint density at radius 1 is 1.36 bits per heavy atom. The molecule has 0 amide bonds. The van der Waals surface area contributed by atoms with Crippen molar-refractivity contribution in [1.29, 1.82) is 0 Å². The quantitative estimate of drug-likeness (QED) is 0.594. The highest BCUT2D eigenvalue weighted by Crippen LogP contribution is 2.60. The van der Waals surface area contributed by atoms with E-state index in [0.717, 1.165) is 19.4 Å². The van der Waals surface area contributed by atoms with E-state index in [2.05, 4.69) is 4.90 Å². The van der Waals surface area contributed by atoms with Gasteiger partial charge in [0.05, 0.1) is 0 Å². The lowest BCUT2D eigenvalue weighted by molar-refractivity contribution is -0.170. The van der Waals surface area contributed by atoms with Gasteiger partial charge in [-0.15, -0.1) is 0 Å². The molecule has 78 valence electrons. The van der Waals surface area contributed by atoms with Crippen LogP contribution >= 0.6 is 0 Å². The molecule has 0 aromatic rings. The maximum absolute atomic E-state index is 11.1. The Morgan fingerprint density at radius 3 is 2.79 bits per heavy atom. The van der Waals surface area contributed by atoms with Gasteiger partial charge in [-0.2, -0.15) is 0 Å². The highest BCUT2D eigenvalue weighted by Gasteiger charge is 2.61. The van der Waals surface area contributed by atoms with Gasteiger partial charge < -0.3 is 4.74 Å². The third-order valence-electron chi connectivity index (χ3n) is 4.04. The Morgan fingerprint density at radius 2 is 2.14 bits per heavy atom. The van der Waals surface area contributed by atoms with E-state index in [1.54, 1.807) is 0 Å². The molecule has 14 heavy (non-hydrogen) atoms. The van der Waals surface area contributed by atoms with E-state index >= 15 is 0 Å². The average molecular weight is 195 g/mol. The summed E-state index contributed by atoms with van der Waals surface area (Å²) in [7, 11) is 0. The van der Waals surface area contributed by atoms with Crippen molar-refractivity contribution < 1.29 is 9.53 Å². The van der Waals surface area contributed by atoms with Crippen LogP contribution in [0.25, 0.3) is 0 Å². The summed E-state index contributed by atoms with van der Waals surface area (Å²) in [5.74, 6) is -0.116. The molecule has 1 unspecified atom stereocenters. The lowest BCUT2D eigenvalue weighted by Crippen LogP contribution is -2.41. The minimum absolute atomic E-state index is 0.116. The van der Waals surface area contributed by atoms with Crippen molar-refractivity contribution in [2.45, 2.75) is 44.8 Å². The van der Waals surface area contributed by atoms with Gasteiger partial charge in [0.2, 0.25) is 0 Å². The lowest BCUT2D eigenvalue weighted by Gasteiger charge is -2.30. The van der Waals surface area contributed by atoms with Crippen molar-refractivity contribution in [3.63, 3.8) is 0 Å². The summed E-state index contributed by atoms with van der Waals surface area (Å²) in [4.78, 5) is 13.5. The molecule has 0 bridgehead atoms. The van der Waals surface area contributed by atoms with Crippen molar-refractivity contribution in [3.8, 4) is 0 Å². The summed E-state index contributed by atoms with van der Waals surface area (Å²) in [6, 6.07) is 0. The Balaban J connectivity index is 1.84. The van der Waals surface area contributed by atoms with Crippen LogP contribution in [-0.4, -0.2) is 29.7 Å². The van der Waals surface area contributed by atoms with Crippen LogP contribution in [0, 0.1) is 5.41 Å². The monoisotopic (exact) mass is 195 g/mol. The predicted molar refractivity (Wildman–Crippen MR) is 51.6 cm³/mol. The third-order valence-corrected chi connectivity index (χ3v) is 4.04. The molecule has 1 spiro atoms. The standard InChI is InChI=1S/C11H17NO2/c1-9(13)14-11-3-2-6-12(11)8-10(7-11)4-5-10/h2-8H2,1H3. The number of hydrogen-bond acceptors (Lipinski definition) is 3. The first-order valence-corrected chi connectivity index (χ1v) is 5.59. The first-order chi connectivity index (χ1) is 6.64. The van der Waals surface area contributed by atoms with Crippen LogP contribution < -0.4 is 0 Å². The fourth-order valence-electron chi connectivity index (χ4n) is 3.31. The van der Waals surface area contributed by atoms with Gasteiger partial charge in [-0.3, -0.25) is 9.69 Å². The van der Waals surface area contributed by atoms with E-state index in [9.17, 15) is 4.79 Å².